The highest BCUT2D eigenvalue weighted by atomic mass is 19.4. The quantitative estimate of drug-likeness (QED) is 0.645. The van der Waals surface area contributed by atoms with Crippen LogP contribution in [-0.4, -0.2) is 29.7 Å². The minimum Gasteiger partial charge on any atom is -0.507 e. The number of rotatable bonds is 2. The first kappa shape index (κ1) is 15.8. The molecule has 0 aliphatic heterocycles. The summed E-state index contributed by atoms with van der Waals surface area (Å²) < 4.78 is 51.5. The second-order valence-corrected chi connectivity index (χ2v) is 5.43. The minimum absolute atomic E-state index is 0.0561. The summed E-state index contributed by atoms with van der Waals surface area (Å²) >= 11 is 0. The molecule has 1 aromatic rings. The van der Waals surface area contributed by atoms with Gasteiger partial charge in [-0.25, -0.2) is 4.39 Å². The molecular formula is C15H17F4NO. The highest BCUT2D eigenvalue weighted by Crippen LogP contribution is 2.39. The first-order chi connectivity index (χ1) is 9.79. The molecule has 1 N–H and O–H groups in total. The van der Waals surface area contributed by atoms with Gasteiger partial charge in [-0.3, -0.25) is 4.99 Å². The standard InChI is InChI=1S/C15H17F4NO/c1-9-3-2-4-10(14(9)21)8-20-13-6-5-11(7-12(13)16)15(17,18)19/h2-4,8,11-13,21H,5-7H2,1H3. The lowest BCUT2D eigenvalue weighted by Crippen LogP contribution is -2.36. The molecule has 1 fully saturated rings. The third-order valence-electron chi connectivity index (χ3n) is 3.88. The average molecular weight is 303 g/mol. The first-order valence-corrected chi connectivity index (χ1v) is 6.81. The topological polar surface area (TPSA) is 32.6 Å². The Hall–Kier alpha value is -1.59. The predicted octanol–water partition coefficient (Wildman–Crippen LogP) is 4.19. The number of nitrogens with zero attached hydrogens (tertiary/aromatic N) is 1. The molecule has 21 heavy (non-hydrogen) atoms. The lowest BCUT2D eigenvalue weighted by Gasteiger charge is -2.30. The Morgan fingerprint density at radius 1 is 1.29 bits per heavy atom. The SMILES string of the molecule is Cc1cccc(C=NC2CCC(C(F)(F)F)CC2F)c1O. The van der Waals surface area contributed by atoms with Crippen LogP contribution in [0.1, 0.15) is 30.4 Å². The van der Waals surface area contributed by atoms with Crippen molar-refractivity contribution in [1.82, 2.24) is 0 Å². The second kappa shape index (κ2) is 6.03. The number of benzene rings is 1. The smallest absolute Gasteiger partial charge is 0.391 e. The van der Waals surface area contributed by atoms with Crippen LogP contribution in [0.4, 0.5) is 17.6 Å². The lowest BCUT2D eigenvalue weighted by atomic mass is 9.84. The molecule has 2 rings (SSSR count). The molecule has 6 heteroatoms. The average Bonchev–Trinajstić information content (AvgIpc) is 2.40. The Labute approximate surface area is 120 Å². The summed E-state index contributed by atoms with van der Waals surface area (Å²) in [7, 11) is 0. The van der Waals surface area contributed by atoms with Crippen molar-refractivity contribution in [2.24, 2.45) is 10.9 Å². The largest absolute Gasteiger partial charge is 0.507 e. The van der Waals surface area contributed by atoms with E-state index < -0.39 is 30.7 Å². The van der Waals surface area contributed by atoms with Crippen LogP contribution in [0.25, 0.3) is 0 Å². The van der Waals surface area contributed by atoms with Crippen LogP contribution in [0.2, 0.25) is 0 Å². The summed E-state index contributed by atoms with van der Waals surface area (Å²) in [6.07, 6.45) is -5.18. The fourth-order valence-electron chi connectivity index (χ4n) is 2.53. The van der Waals surface area contributed by atoms with E-state index in [2.05, 4.69) is 4.99 Å². The third-order valence-corrected chi connectivity index (χ3v) is 3.88. The van der Waals surface area contributed by atoms with Crippen LogP contribution in [0.15, 0.2) is 23.2 Å². The van der Waals surface area contributed by atoms with E-state index in [1.54, 1.807) is 25.1 Å². The highest BCUT2D eigenvalue weighted by Gasteiger charge is 2.45. The summed E-state index contributed by atoms with van der Waals surface area (Å²) in [5.41, 5.74) is 1.11. The monoisotopic (exact) mass is 303 g/mol. The van der Waals surface area contributed by atoms with Crippen LogP contribution < -0.4 is 0 Å². The van der Waals surface area contributed by atoms with Gasteiger partial charge in [-0.15, -0.1) is 0 Å². The molecule has 2 nitrogen and oxygen atoms in total. The zero-order chi connectivity index (χ0) is 15.6. The van der Waals surface area contributed by atoms with Crippen molar-refractivity contribution in [2.45, 2.75) is 44.6 Å². The van der Waals surface area contributed by atoms with Gasteiger partial charge in [-0.05, 0) is 37.8 Å². The van der Waals surface area contributed by atoms with E-state index in [4.69, 9.17) is 0 Å². The molecule has 0 spiro atoms. The maximum atomic E-state index is 13.8. The number of aliphatic imine (C=N–C) groups is 1. The summed E-state index contributed by atoms with van der Waals surface area (Å²) in [6, 6.07) is 4.30. The van der Waals surface area contributed by atoms with E-state index in [1.807, 2.05) is 0 Å². The molecule has 3 atom stereocenters. The number of aromatic hydroxyl groups is 1. The third kappa shape index (κ3) is 3.74. The van der Waals surface area contributed by atoms with Gasteiger partial charge < -0.3 is 5.11 Å². The van der Waals surface area contributed by atoms with Crippen LogP contribution in [0, 0.1) is 12.8 Å². The molecule has 3 unspecified atom stereocenters. The predicted molar refractivity (Wildman–Crippen MR) is 72.5 cm³/mol. The number of phenols is 1. The van der Waals surface area contributed by atoms with Crippen LogP contribution in [-0.2, 0) is 0 Å². The molecule has 1 aliphatic carbocycles. The van der Waals surface area contributed by atoms with Crippen molar-refractivity contribution < 1.29 is 22.7 Å². The number of hydrogen-bond acceptors (Lipinski definition) is 2. The Balaban J connectivity index is 2.04. The molecule has 116 valence electrons. The van der Waals surface area contributed by atoms with Gasteiger partial charge in [-0.2, -0.15) is 13.2 Å². The molecule has 0 bridgehead atoms. The molecule has 1 saturated carbocycles. The van der Waals surface area contributed by atoms with Gasteiger partial charge >= 0.3 is 6.18 Å². The Bertz CT molecular complexity index is 527. The van der Waals surface area contributed by atoms with Gasteiger partial charge in [-0.1, -0.05) is 12.1 Å². The fourth-order valence-corrected chi connectivity index (χ4v) is 2.53. The molecule has 0 amide bonds. The minimum atomic E-state index is -4.34. The van der Waals surface area contributed by atoms with E-state index in [-0.39, 0.29) is 18.6 Å². The van der Waals surface area contributed by atoms with Gasteiger partial charge in [0.2, 0.25) is 0 Å². The second-order valence-electron chi connectivity index (χ2n) is 5.43. The number of phenolic OH excluding ortho intramolecular Hbond substituents is 1. The molecule has 0 radical (unpaired) electrons. The van der Waals surface area contributed by atoms with Gasteiger partial charge in [0, 0.05) is 11.8 Å². The van der Waals surface area contributed by atoms with Gasteiger partial charge in [0.05, 0.1) is 12.0 Å². The molecular weight excluding hydrogens is 286 g/mol. The zero-order valence-corrected chi connectivity index (χ0v) is 11.6. The molecule has 1 aliphatic rings. The van der Waals surface area contributed by atoms with Crippen LogP contribution in [0.3, 0.4) is 0 Å². The fraction of sp³-hybridized carbons (Fsp3) is 0.533. The Morgan fingerprint density at radius 3 is 2.62 bits per heavy atom. The summed E-state index contributed by atoms with van der Waals surface area (Å²) in [5, 5.41) is 9.81. The lowest BCUT2D eigenvalue weighted by molar-refractivity contribution is -0.187. The van der Waals surface area contributed by atoms with Gasteiger partial charge in [0.25, 0.3) is 0 Å². The highest BCUT2D eigenvalue weighted by molar-refractivity contribution is 5.84. The number of aryl methyl sites for hydroxylation is 1. The number of hydrogen-bond donors (Lipinski definition) is 1. The van der Waals surface area contributed by atoms with Crippen molar-refractivity contribution >= 4 is 6.21 Å². The maximum absolute atomic E-state index is 13.8. The van der Waals surface area contributed by atoms with Crippen molar-refractivity contribution in [3.63, 3.8) is 0 Å². The Morgan fingerprint density at radius 2 is 2.00 bits per heavy atom. The van der Waals surface area contributed by atoms with Crippen molar-refractivity contribution in [3.05, 3.63) is 29.3 Å². The van der Waals surface area contributed by atoms with Crippen molar-refractivity contribution in [3.8, 4) is 5.75 Å². The molecule has 0 heterocycles. The van der Waals surface area contributed by atoms with Crippen LogP contribution in [0.5, 0.6) is 5.75 Å². The van der Waals surface area contributed by atoms with E-state index in [9.17, 15) is 22.7 Å². The zero-order valence-electron chi connectivity index (χ0n) is 11.6. The number of alkyl halides is 4. The van der Waals surface area contributed by atoms with E-state index in [0.29, 0.717) is 11.1 Å². The normalized spacial score (nSPS) is 27.2. The maximum Gasteiger partial charge on any atom is 0.391 e. The summed E-state index contributed by atoms with van der Waals surface area (Å²) in [4.78, 5) is 4.03. The van der Waals surface area contributed by atoms with Crippen molar-refractivity contribution in [1.29, 1.82) is 0 Å². The molecule has 0 saturated heterocycles. The van der Waals surface area contributed by atoms with E-state index in [1.165, 1.54) is 6.21 Å². The first-order valence-electron chi connectivity index (χ1n) is 6.81. The van der Waals surface area contributed by atoms with Gasteiger partial charge in [0.15, 0.2) is 0 Å². The van der Waals surface area contributed by atoms with Gasteiger partial charge in [0.1, 0.15) is 11.9 Å². The number of halogens is 4. The van der Waals surface area contributed by atoms with Crippen molar-refractivity contribution in [2.75, 3.05) is 0 Å². The van der Waals surface area contributed by atoms with E-state index >= 15 is 0 Å². The summed E-state index contributed by atoms with van der Waals surface area (Å²) in [5.74, 6) is -1.52. The Kier molecular flexibility index (Phi) is 4.54. The van der Waals surface area contributed by atoms with E-state index in [0.717, 1.165) is 0 Å². The summed E-state index contributed by atoms with van der Waals surface area (Å²) in [6.45, 7) is 1.72. The van der Waals surface area contributed by atoms with Crippen LogP contribution >= 0.6 is 0 Å². The molecule has 1 aromatic carbocycles. The number of para-hydroxylation sites is 1. The molecule has 0 aromatic heterocycles.